The van der Waals surface area contributed by atoms with Gasteiger partial charge in [0.25, 0.3) is 5.91 Å². The summed E-state index contributed by atoms with van der Waals surface area (Å²) < 4.78 is 80.5. The van der Waals surface area contributed by atoms with Crippen molar-refractivity contribution in [2.75, 3.05) is 0 Å². The first kappa shape index (κ1) is 31.1. The second kappa shape index (κ2) is 11.3. The van der Waals surface area contributed by atoms with E-state index in [2.05, 4.69) is 30.9 Å². The van der Waals surface area contributed by atoms with E-state index < -0.39 is 59.9 Å². The first-order chi connectivity index (χ1) is 22.3. The number of hydrogen-bond acceptors (Lipinski definition) is 10. The molecule has 3 N–H and O–H groups in total. The number of imidazole rings is 1. The standard InChI is InChI=1S/C29H29F5N8O5/c30-28(31)6-3-16(4-7-28)21(39-25(44)23-22(15-1-2-15)40-47-41-23)17-13-42-20(37-17)9-14(12-35-42)10-27(24(43)18-5-8-36-46-18)11-19(29(32,33)34)38-26(27)45/h5,8-9,12-13,15-16,19,21,24,43H,1-4,6-7,10-11H2,(H,38,45)(H,39,44)/t19-,21-,24-,27-/m0/s1. The summed E-state index contributed by atoms with van der Waals surface area (Å²) in [5.74, 6) is -4.95. The van der Waals surface area contributed by atoms with Gasteiger partial charge in [0.05, 0.1) is 35.7 Å². The Morgan fingerprint density at radius 2 is 1.96 bits per heavy atom. The second-order valence-electron chi connectivity index (χ2n) is 12.7. The molecular formula is C29H29F5N8O5. The molecule has 0 spiro atoms. The molecule has 3 aliphatic rings. The van der Waals surface area contributed by atoms with Crippen LogP contribution in [0.4, 0.5) is 22.0 Å². The van der Waals surface area contributed by atoms with Crippen molar-refractivity contribution in [3.63, 3.8) is 0 Å². The zero-order valence-electron chi connectivity index (χ0n) is 24.6. The zero-order chi connectivity index (χ0) is 33.1. The van der Waals surface area contributed by atoms with E-state index in [1.165, 1.54) is 35.2 Å². The predicted octanol–water partition coefficient (Wildman–Crippen LogP) is 3.99. The number of nitrogens with one attached hydrogen (secondary N) is 2. The summed E-state index contributed by atoms with van der Waals surface area (Å²) >= 11 is 0. The van der Waals surface area contributed by atoms with Crippen LogP contribution in [-0.2, 0) is 11.2 Å². The van der Waals surface area contributed by atoms with Crippen molar-refractivity contribution in [2.45, 2.75) is 87.6 Å². The van der Waals surface area contributed by atoms with Gasteiger partial charge in [-0.1, -0.05) is 10.3 Å². The number of alkyl halides is 5. The topological polar surface area (TPSA) is 174 Å². The van der Waals surface area contributed by atoms with E-state index >= 15 is 0 Å². The fourth-order valence-corrected chi connectivity index (χ4v) is 6.69. The molecule has 4 aromatic rings. The van der Waals surface area contributed by atoms with Gasteiger partial charge < -0.3 is 20.3 Å². The highest BCUT2D eigenvalue weighted by Gasteiger charge is 2.59. The first-order valence-corrected chi connectivity index (χ1v) is 15.1. The Balaban J connectivity index is 1.20. The summed E-state index contributed by atoms with van der Waals surface area (Å²) in [6.45, 7) is 0. The number of hydrogen-bond donors (Lipinski definition) is 3. The van der Waals surface area contributed by atoms with Gasteiger partial charge in [-0.15, -0.1) is 0 Å². The summed E-state index contributed by atoms with van der Waals surface area (Å²) in [7, 11) is 0. The van der Waals surface area contributed by atoms with Crippen LogP contribution in [0, 0.1) is 11.3 Å². The van der Waals surface area contributed by atoms with Crippen molar-refractivity contribution in [3.8, 4) is 0 Å². The van der Waals surface area contributed by atoms with Crippen LogP contribution in [0.15, 0.2) is 39.9 Å². The van der Waals surface area contributed by atoms with Gasteiger partial charge in [0.15, 0.2) is 17.1 Å². The molecular weight excluding hydrogens is 635 g/mol. The third-order valence-corrected chi connectivity index (χ3v) is 9.42. The SMILES string of the molecule is O=C(N[C@H](c1cn2ncc(C[C@@]3([C@@H](O)c4ccno4)C[C@@H](C(F)(F)F)NC3=O)cc2n1)C1CCC(F)(F)CC1)c1nonc1C1CC1. The molecule has 13 nitrogen and oxygen atoms in total. The molecule has 5 heterocycles. The quantitative estimate of drug-likeness (QED) is 0.222. The average molecular weight is 665 g/mol. The Hall–Kier alpha value is -4.48. The Bertz CT molecular complexity index is 1780. The third kappa shape index (κ3) is 5.94. The van der Waals surface area contributed by atoms with Crippen LogP contribution in [0.1, 0.15) is 96.2 Å². The van der Waals surface area contributed by atoms with Crippen LogP contribution in [0.5, 0.6) is 0 Å². The van der Waals surface area contributed by atoms with Crippen LogP contribution >= 0.6 is 0 Å². The number of nitrogens with zero attached hydrogens (tertiary/aromatic N) is 6. The predicted molar refractivity (Wildman–Crippen MR) is 147 cm³/mol. The van der Waals surface area contributed by atoms with Crippen LogP contribution in [-0.4, -0.2) is 65.1 Å². The highest BCUT2D eigenvalue weighted by molar-refractivity contribution is 5.93. The van der Waals surface area contributed by atoms with Crippen molar-refractivity contribution in [3.05, 3.63) is 59.1 Å². The van der Waals surface area contributed by atoms with Gasteiger partial charge in [-0.25, -0.2) is 22.9 Å². The zero-order valence-corrected chi connectivity index (χ0v) is 24.6. The van der Waals surface area contributed by atoms with Gasteiger partial charge in [-0.3, -0.25) is 9.59 Å². The van der Waals surface area contributed by atoms with E-state index in [1.54, 1.807) is 0 Å². The van der Waals surface area contributed by atoms with E-state index in [-0.39, 0.29) is 60.7 Å². The number of carbonyl (C=O) groups is 2. The first-order valence-electron chi connectivity index (χ1n) is 15.1. The average Bonchev–Trinajstić information content (AvgIpc) is 3.43. The molecule has 0 bridgehead atoms. The summed E-state index contributed by atoms with van der Waals surface area (Å²) in [4.78, 5) is 31.2. The number of aliphatic hydroxyl groups is 1. The Morgan fingerprint density at radius 3 is 2.62 bits per heavy atom. The van der Waals surface area contributed by atoms with E-state index in [1.807, 2.05) is 5.32 Å². The molecule has 0 unspecified atom stereocenters. The van der Waals surface area contributed by atoms with Crippen molar-refractivity contribution in [2.24, 2.45) is 11.3 Å². The van der Waals surface area contributed by atoms with Crippen molar-refractivity contribution < 1.29 is 45.8 Å². The van der Waals surface area contributed by atoms with Gasteiger partial charge in [-0.05, 0) is 61.2 Å². The minimum Gasteiger partial charge on any atom is -0.384 e. The molecule has 4 atom stereocenters. The van der Waals surface area contributed by atoms with Crippen molar-refractivity contribution >= 4 is 17.5 Å². The van der Waals surface area contributed by atoms with E-state index in [0.29, 0.717) is 11.4 Å². The number of aliphatic hydroxyl groups excluding tert-OH is 1. The van der Waals surface area contributed by atoms with Gasteiger partial charge in [0.2, 0.25) is 11.8 Å². The fourth-order valence-electron chi connectivity index (χ4n) is 6.69. The molecule has 3 fully saturated rings. The third-order valence-electron chi connectivity index (χ3n) is 9.42. The molecule has 2 amide bonds. The lowest BCUT2D eigenvalue weighted by Crippen LogP contribution is -2.40. The summed E-state index contributed by atoms with van der Waals surface area (Å²) in [5, 5.41) is 31.5. The number of halogens is 5. The van der Waals surface area contributed by atoms with Crippen LogP contribution in [0.25, 0.3) is 5.65 Å². The van der Waals surface area contributed by atoms with Gasteiger partial charge in [0, 0.05) is 24.8 Å². The maximum absolute atomic E-state index is 14.1. The number of fused-ring (bicyclic) bond motifs is 1. The Kier molecular flexibility index (Phi) is 7.52. The number of aromatic nitrogens is 6. The summed E-state index contributed by atoms with van der Waals surface area (Å²) in [5.41, 5.74) is -0.714. The van der Waals surface area contributed by atoms with E-state index in [0.717, 1.165) is 12.8 Å². The lowest BCUT2D eigenvalue weighted by atomic mass is 9.73. The highest BCUT2D eigenvalue weighted by Crippen LogP contribution is 2.48. The van der Waals surface area contributed by atoms with E-state index in [4.69, 9.17) is 9.15 Å². The largest absolute Gasteiger partial charge is 0.408 e. The summed E-state index contributed by atoms with van der Waals surface area (Å²) in [6.07, 6.45) is -2.44. The number of amides is 2. The molecule has 7 rings (SSSR count). The molecule has 4 aromatic heterocycles. The lowest BCUT2D eigenvalue weighted by Gasteiger charge is -2.33. The fraction of sp³-hybridized carbons (Fsp3) is 0.552. The van der Waals surface area contributed by atoms with Crippen LogP contribution in [0.2, 0.25) is 0 Å². The Morgan fingerprint density at radius 1 is 1.19 bits per heavy atom. The molecule has 250 valence electrons. The number of rotatable bonds is 9. The Labute approximate surface area is 262 Å². The molecule has 2 aliphatic carbocycles. The van der Waals surface area contributed by atoms with Gasteiger partial charge >= 0.3 is 6.18 Å². The molecule has 0 radical (unpaired) electrons. The normalized spacial score (nSPS) is 24.7. The minimum absolute atomic E-state index is 0.0189. The summed E-state index contributed by atoms with van der Waals surface area (Å²) in [6, 6.07) is -0.253. The molecule has 1 aliphatic heterocycles. The van der Waals surface area contributed by atoms with Gasteiger partial charge in [-0.2, -0.15) is 18.3 Å². The van der Waals surface area contributed by atoms with E-state index in [9.17, 15) is 36.6 Å². The molecule has 1 saturated heterocycles. The van der Waals surface area contributed by atoms with Gasteiger partial charge in [0.1, 0.15) is 17.8 Å². The molecule has 47 heavy (non-hydrogen) atoms. The molecule has 2 saturated carbocycles. The second-order valence-corrected chi connectivity index (χ2v) is 12.7. The van der Waals surface area contributed by atoms with Crippen LogP contribution in [0.3, 0.4) is 0 Å². The monoisotopic (exact) mass is 664 g/mol. The van der Waals surface area contributed by atoms with Crippen molar-refractivity contribution in [1.29, 1.82) is 0 Å². The maximum Gasteiger partial charge on any atom is 0.408 e. The molecule has 18 heteroatoms. The number of carbonyl (C=O) groups excluding carboxylic acids is 2. The minimum atomic E-state index is -4.76. The van der Waals surface area contributed by atoms with Crippen LogP contribution < -0.4 is 10.6 Å². The smallest absolute Gasteiger partial charge is 0.384 e. The maximum atomic E-state index is 14.1. The molecule has 0 aromatic carbocycles. The lowest BCUT2D eigenvalue weighted by molar-refractivity contribution is -0.155. The highest BCUT2D eigenvalue weighted by atomic mass is 19.4. The van der Waals surface area contributed by atoms with Crippen molar-refractivity contribution in [1.82, 2.24) is 40.7 Å².